The number of rotatable bonds is 6. The molecule has 2 aromatic rings. The largest absolute Gasteiger partial charge is 0.497 e. The van der Waals surface area contributed by atoms with Crippen LogP contribution in [0.2, 0.25) is 0 Å². The Balaban J connectivity index is 1.90. The van der Waals surface area contributed by atoms with Crippen molar-refractivity contribution in [3.8, 4) is 11.5 Å². The van der Waals surface area contributed by atoms with Gasteiger partial charge in [0.15, 0.2) is 6.61 Å². The maximum absolute atomic E-state index is 12.8. The minimum absolute atomic E-state index is 0.254. The molecule has 1 saturated heterocycles. The van der Waals surface area contributed by atoms with Gasteiger partial charge in [-0.3, -0.25) is 14.9 Å². The summed E-state index contributed by atoms with van der Waals surface area (Å²) < 4.78 is 10.1. The predicted octanol–water partition coefficient (Wildman–Crippen LogP) is 1.82. The maximum atomic E-state index is 12.8. The van der Waals surface area contributed by atoms with Crippen LogP contribution in [0, 0.1) is 0 Å². The van der Waals surface area contributed by atoms with Gasteiger partial charge in [-0.15, -0.1) is 0 Å². The number of nitrogens with zero attached hydrogens (tertiary/aromatic N) is 1. The van der Waals surface area contributed by atoms with Crippen molar-refractivity contribution in [2.24, 2.45) is 0 Å². The van der Waals surface area contributed by atoms with Crippen LogP contribution >= 0.6 is 0 Å². The average Bonchev–Trinajstić information content (AvgIpc) is 2.70. The van der Waals surface area contributed by atoms with Crippen molar-refractivity contribution in [2.75, 3.05) is 18.6 Å². The van der Waals surface area contributed by atoms with Gasteiger partial charge < -0.3 is 14.6 Å². The molecule has 3 rings (SSSR count). The van der Waals surface area contributed by atoms with E-state index in [9.17, 15) is 19.2 Å². The van der Waals surface area contributed by atoms with Gasteiger partial charge in [0.25, 0.3) is 11.8 Å². The number of benzene rings is 2. The van der Waals surface area contributed by atoms with Crippen molar-refractivity contribution in [3.63, 3.8) is 0 Å². The molecule has 0 aliphatic carbocycles. The SMILES string of the molecule is COc1ccc(N2C(=O)NC(=O)/C(=C/c3cccc(OCC(=O)O)c3)C2=O)cc1. The van der Waals surface area contributed by atoms with Gasteiger partial charge in [0.05, 0.1) is 12.8 Å². The first-order valence-corrected chi connectivity index (χ1v) is 8.39. The van der Waals surface area contributed by atoms with E-state index < -0.39 is 30.4 Å². The summed E-state index contributed by atoms with van der Waals surface area (Å²) in [6.45, 7) is -0.529. The van der Waals surface area contributed by atoms with Crippen LogP contribution in [0.5, 0.6) is 11.5 Å². The van der Waals surface area contributed by atoms with Crippen molar-refractivity contribution in [2.45, 2.75) is 0 Å². The summed E-state index contributed by atoms with van der Waals surface area (Å²) in [4.78, 5) is 48.7. The Morgan fingerprint density at radius 2 is 1.83 bits per heavy atom. The number of anilines is 1. The third-order valence-corrected chi connectivity index (χ3v) is 3.96. The van der Waals surface area contributed by atoms with E-state index in [0.29, 0.717) is 11.3 Å². The summed E-state index contributed by atoms with van der Waals surface area (Å²) in [5.74, 6) is -1.95. The van der Waals surface area contributed by atoms with Crippen LogP contribution in [0.4, 0.5) is 10.5 Å². The summed E-state index contributed by atoms with van der Waals surface area (Å²) in [7, 11) is 1.49. The summed E-state index contributed by atoms with van der Waals surface area (Å²) >= 11 is 0. The molecule has 1 fully saturated rings. The molecule has 29 heavy (non-hydrogen) atoms. The van der Waals surface area contributed by atoms with Gasteiger partial charge in [-0.1, -0.05) is 12.1 Å². The van der Waals surface area contributed by atoms with E-state index in [4.69, 9.17) is 14.6 Å². The van der Waals surface area contributed by atoms with Gasteiger partial charge in [0.1, 0.15) is 17.1 Å². The van der Waals surface area contributed by atoms with E-state index in [1.165, 1.54) is 31.4 Å². The number of amides is 4. The van der Waals surface area contributed by atoms with Crippen molar-refractivity contribution in [1.82, 2.24) is 5.32 Å². The van der Waals surface area contributed by atoms with Gasteiger partial charge in [-0.05, 0) is 48.0 Å². The van der Waals surface area contributed by atoms with Crippen molar-refractivity contribution < 1.29 is 33.8 Å². The number of nitrogens with one attached hydrogen (secondary N) is 1. The van der Waals surface area contributed by atoms with Gasteiger partial charge in [0, 0.05) is 0 Å². The molecule has 1 aliphatic rings. The van der Waals surface area contributed by atoms with E-state index in [-0.39, 0.29) is 17.0 Å². The molecule has 4 amide bonds. The van der Waals surface area contributed by atoms with Crippen molar-refractivity contribution in [1.29, 1.82) is 0 Å². The number of aliphatic carboxylic acids is 1. The standard InChI is InChI=1S/C20H16N2O7/c1-28-14-7-5-13(6-8-14)22-19(26)16(18(25)21-20(22)27)10-12-3-2-4-15(9-12)29-11-17(23)24/h2-10H,11H2,1H3,(H,23,24)(H,21,25,27)/b16-10-. The monoisotopic (exact) mass is 396 g/mol. The molecule has 0 radical (unpaired) electrons. The molecule has 1 aliphatic heterocycles. The number of hydrogen-bond donors (Lipinski definition) is 2. The first-order chi connectivity index (χ1) is 13.9. The van der Waals surface area contributed by atoms with Gasteiger partial charge in [-0.2, -0.15) is 0 Å². The number of carbonyl (C=O) groups is 4. The highest BCUT2D eigenvalue weighted by atomic mass is 16.5. The minimum Gasteiger partial charge on any atom is -0.497 e. The normalized spacial score (nSPS) is 15.3. The topological polar surface area (TPSA) is 122 Å². The van der Waals surface area contributed by atoms with Gasteiger partial charge >= 0.3 is 12.0 Å². The zero-order valence-corrected chi connectivity index (χ0v) is 15.2. The highest BCUT2D eigenvalue weighted by Crippen LogP contribution is 2.24. The predicted molar refractivity (Wildman–Crippen MR) is 102 cm³/mol. The minimum atomic E-state index is -1.13. The first kappa shape index (κ1) is 19.6. The van der Waals surface area contributed by atoms with Crippen LogP contribution in [0.1, 0.15) is 5.56 Å². The molecule has 148 valence electrons. The Morgan fingerprint density at radius 3 is 2.48 bits per heavy atom. The van der Waals surface area contributed by atoms with E-state index in [1.807, 2.05) is 0 Å². The summed E-state index contributed by atoms with van der Waals surface area (Å²) in [6, 6.07) is 11.6. The fraction of sp³-hybridized carbons (Fsp3) is 0.100. The second-order valence-corrected chi connectivity index (χ2v) is 5.91. The zero-order valence-electron chi connectivity index (χ0n) is 15.2. The molecule has 0 aromatic heterocycles. The lowest BCUT2D eigenvalue weighted by Crippen LogP contribution is -2.54. The highest BCUT2D eigenvalue weighted by Gasteiger charge is 2.36. The number of barbiturate groups is 1. The number of imide groups is 2. The van der Waals surface area contributed by atoms with Crippen LogP contribution in [0.15, 0.2) is 54.1 Å². The highest BCUT2D eigenvalue weighted by molar-refractivity contribution is 6.39. The smallest absolute Gasteiger partial charge is 0.341 e. The van der Waals surface area contributed by atoms with Crippen LogP contribution in [0.25, 0.3) is 6.08 Å². The van der Waals surface area contributed by atoms with Crippen LogP contribution in [0.3, 0.4) is 0 Å². The average molecular weight is 396 g/mol. The molecular weight excluding hydrogens is 380 g/mol. The lowest BCUT2D eigenvalue weighted by molar-refractivity contribution is -0.139. The summed E-state index contributed by atoms with van der Waals surface area (Å²) in [6.07, 6.45) is 1.30. The number of urea groups is 1. The number of carbonyl (C=O) groups excluding carboxylic acids is 3. The number of ether oxygens (including phenoxy) is 2. The lowest BCUT2D eigenvalue weighted by Gasteiger charge is -2.26. The molecule has 9 nitrogen and oxygen atoms in total. The molecule has 9 heteroatoms. The van der Waals surface area contributed by atoms with Crippen LogP contribution in [-0.4, -0.2) is 42.6 Å². The molecular formula is C20H16N2O7. The quantitative estimate of drug-likeness (QED) is 0.564. The molecule has 0 atom stereocenters. The lowest BCUT2D eigenvalue weighted by atomic mass is 10.1. The third kappa shape index (κ3) is 4.41. The number of methoxy groups -OCH3 is 1. The summed E-state index contributed by atoms with van der Waals surface area (Å²) in [5.41, 5.74) is 0.441. The molecule has 1 heterocycles. The molecule has 0 bridgehead atoms. The maximum Gasteiger partial charge on any atom is 0.341 e. The molecule has 2 aromatic carbocycles. The Hall–Kier alpha value is -4.14. The van der Waals surface area contributed by atoms with Gasteiger partial charge in [-0.25, -0.2) is 14.5 Å². The molecule has 2 N–H and O–H groups in total. The van der Waals surface area contributed by atoms with Gasteiger partial charge in [0.2, 0.25) is 0 Å². The van der Waals surface area contributed by atoms with E-state index >= 15 is 0 Å². The van der Waals surface area contributed by atoms with Crippen LogP contribution < -0.4 is 19.7 Å². The number of carboxylic acid groups (broad SMARTS) is 1. The number of hydrogen-bond acceptors (Lipinski definition) is 6. The van der Waals surface area contributed by atoms with Crippen molar-refractivity contribution >= 4 is 35.6 Å². The zero-order chi connectivity index (χ0) is 21.0. The third-order valence-electron chi connectivity index (χ3n) is 3.96. The second kappa shape index (κ2) is 8.26. The summed E-state index contributed by atoms with van der Waals surface area (Å²) in [5, 5.41) is 10.8. The second-order valence-electron chi connectivity index (χ2n) is 5.91. The Bertz CT molecular complexity index is 1010. The van der Waals surface area contributed by atoms with E-state index in [2.05, 4.69) is 5.32 Å². The number of carboxylic acids is 1. The Kier molecular flexibility index (Phi) is 5.59. The molecule has 0 unspecified atom stereocenters. The fourth-order valence-electron chi connectivity index (χ4n) is 2.63. The first-order valence-electron chi connectivity index (χ1n) is 8.39. The van der Waals surface area contributed by atoms with Crippen molar-refractivity contribution in [3.05, 3.63) is 59.7 Å². The molecule has 0 spiro atoms. The Labute approximate surface area is 165 Å². The Morgan fingerprint density at radius 1 is 1.10 bits per heavy atom. The fourth-order valence-corrected chi connectivity index (χ4v) is 2.63. The van der Waals surface area contributed by atoms with E-state index in [0.717, 1.165) is 4.90 Å². The van der Waals surface area contributed by atoms with E-state index in [1.54, 1.807) is 30.3 Å². The molecule has 0 saturated carbocycles. The van der Waals surface area contributed by atoms with Crippen LogP contribution in [-0.2, 0) is 14.4 Å².